The highest BCUT2D eigenvalue weighted by molar-refractivity contribution is 5.93. The number of rotatable bonds is 3. The van der Waals surface area contributed by atoms with Gasteiger partial charge in [0.1, 0.15) is 22.6 Å². The maximum atomic E-state index is 11.7. The molecule has 0 spiro atoms. The van der Waals surface area contributed by atoms with Gasteiger partial charge in [-0.2, -0.15) is 0 Å². The standard InChI is InChI=1S/C16H16O6/c1-9-12(21-13-4-2-3-7-20-13)6-5-10-14(18)11(8-17)16(19)22-15(9)10/h5-6,8,13,18H,2-4,7H2,1H3. The molecule has 0 aliphatic carbocycles. The van der Waals surface area contributed by atoms with Crippen LogP contribution in [0, 0.1) is 6.92 Å². The molecule has 3 rings (SSSR count). The van der Waals surface area contributed by atoms with Crippen molar-refractivity contribution in [2.24, 2.45) is 0 Å². The first-order chi connectivity index (χ1) is 10.6. The summed E-state index contributed by atoms with van der Waals surface area (Å²) in [6.07, 6.45) is 2.83. The lowest BCUT2D eigenvalue weighted by atomic mass is 10.1. The number of fused-ring (bicyclic) bond motifs is 1. The second kappa shape index (κ2) is 5.81. The molecule has 1 N–H and O–H groups in total. The van der Waals surface area contributed by atoms with Gasteiger partial charge in [-0.05, 0) is 31.9 Å². The molecule has 1 fully saturated rings. The maximum absolute atomic E-state index is 11.7. The highest BCUT2D eigenvalue weighted by Gasteiger charge is 2.20. The highest BCUT2D eigenvalue weighted by Crippen LogP contribution is 2.33. The fourth-order valence-electron chi connectivity index (χ4n) is 2.56. The Balaban J connectivity index is 2.05. The van der Waals surface area contributed by atoms with Crippen LogP contribution in [0.2, 0.25) is 0 Å². The number of carbonyl (C=O) groups excluding carboxylic acids is 1. The highest BCUT2D eigenvalue weighted by atomic mass is 16.7. The number of hydrogen-bond acceptors (Lipinski definition) is 6. The Morgan fingerprint density at radius 1 is 1.36 bits per heavy atom. The summed E-state index contributed by atoms with van der Waals surface area (Å²) in [6.45, 7) is 2.39. The topological polar surface area (TPSA) is 86.0 Å². The molecule has 1 atom stereocenters. The van der Waals surface area contributed by atoms with Crippen molar-refractivity contribution in [1.29, 1.82) is 0 Å². The second-order valence-electron chi connectivity index (χ2n) is 5.25. The van der Waals surface area contributed by atoms with Crippen molar-refractivity contribution in [3.8, 4) is 11.5 Å². The maximum Gasteiger partial charge on any atom is 0.350 e. The van der Waals surface area contributed by atoms with Crippen LogP contribution in [0.25, 0.3) is 11.0 Å². The molecule has 6 nitrogen and oxygen atoms in total. The molecule has 0 saturated carbocycles. The Bertz CT molecular complexity index is 770. The third-order valence-corrected chi connectivity index (χ3v) is 3.80. The van der Waals surface area contributed by atoms with Crippen molar-refractivity contribution < 1.29 is 23.8 Å². The van der Waals surface area contributed by atoms with Crippen molar-refractivity contribution in [1.82, 2.24) is 0 Å². The van der Waals surface area contributed by atoms with Crippen LogP contribution in [0.3, 0.4) is 0 Å². The van der Waals surface area contributed by atoms with E-state index in [1.165, 1.54) is 0 Å². The summed E-state index contributed by atoms with van der Waals surface area (Å²) in [5, 5.41) is 10.3. The summed E-state index contributed by atoms with van der Waals surface area (Å²) in [5.41, 5.74) is -0.455. The largest absolute Gasteiger partial charge is 0.506 e. The predicted molar refractivity (Wildman–Crippen MR) is 78.5 cm³/mol. The number of benzene rings is 1. The van der Waals surface area contributed by atoms with Crippen molar-refractivity contribution in [2.75, 3.05) is 6.61 Å². The van der Waals surface area contributed by atoms with Gasteiger partial charge in [-0.1, -0.05) is 0 Å². The molecule has 1 aromatic heterocycles. The number of aryl methyl sites for hydroxylation is 1. The average Bonchev–Trinajstić information content (AvgIpc) is 2.52. The molecule has 116 valence electrons. The first-order valence-corrected chi connectivity index (χ1v) is 7.14. The number of carbonyl (C=O) groups is 1. The Morgan fingerprint density at radius 3 is 2.86 bits per heavy atom. The fourth-order valence-corrected chi connectivity index (χ4v) is 2.56. The molecule has 2 aromatic rings. The molecule has 6 heteroatoms. The third-order valence-electron chi connectivity index (χ3n) is 3.80. The molecular formula is C16H16O6. The molecule has 0 radical (unpaired) electrons. The summed E-state index contributed by atoms with van der Waals surface area (Å²) in [5.74, 6) is 0.158. The van der Waals surface area contributed by atoms with E-state index in [1.807, 2.05) is 0 Å². The van der Waals surface area contributed by atoms with Gasteiger partial charge < -0.3 is 19.0 Å². The molecular weight excluding hydrogens is 288 g/mol. The number of aromatic hydroxyl groups is 1. The molecule has 1 aliphatic rings. The van der Waals surface area contributed by atoms with E-state index in [4.69, 9.17) is 13.9 Å². The molecule has 1 aliphatic heterocycles. The number of aldehydes is 1. The SMILES string of the molecule is Cc1c(OC2CCCCO2)ccc2c(O)c(C=O)c(=O)oc12. The average molecular weight is 304 g/mol. The van der Waals surface area contributed by atoms with Gasteiger partial charge in [0.05, 0.1) is 12.0 Å². The van der Waals surface area contributed by atoms with Gasteiger partial charge in [-0.3, -0.25) is 4.79 Å². The van der Waals surface area contributed by atoms with Crippen LogP contribution in [-0.2, 0) is 4.74 Å². The van der Waals surface area contributed by atoms with Crippen molar-refractivity contribution in [3.05, 3.63) is 33.7 Å². The first kappa shape index (κ1) is 14.6. The smallest absolute Gasteiger partial charge is 0.350 e. The van der Waals surface area contributed by atoms with E-state index >= 15 is 0 Å². The quantitative estimate of drug-likeness (QED) is 0.692. The van der Waals surface area contributed by atoms with Gasteiger partial charge in [0.15, 0.2) is 12.6 Å². The molecule has 1 aromatic carbocycles. The van der Waals surface area contributed by atoms with Crippen LogP contribution >= 0.6 is 0 Å². The first-order valence-electron chi connectivity index (χ1n) is 7.14. The zero-order valence-electron chi connectivity index (χ0n) is 12.1. The van der Waals surface area contributed by atoms with Gasteiger partial charge in [-0.25, -0.2) is 4.79 Å². The monoisotopic (exact) mass is 304 g/mol. The van der Waals surface area contributed by atoms with Crippen LogP contribution in [0.5, 0.6) is 11.5 Å². The van der Waals surface area contributed by atoms with Gasteiger partial charge in [0, 0.05) is 12.0 Å². The minimum absolute atomic E-state index is 0.210. The summed E-state index contributed by atoms with van der Waals surface area (Å²) in [7, 11) is 0. The lowest BCUT2D eigenvalue weighted by Crippen LogP contribution is -2.25. The van der Waals surface area contributed by atoms with E-state index in [2.05, 4.69) is 0 Å². The summed E-state index contributed by atoms with van der Waals surface area (Å²) in [6, 6.07) is 3.23. The number of ether oxygens (including phenoxy) is 2. The van der Waals surface area contributed by atoms with Gasteiger partial charge in [0.2, 0.25) is 0 Å². The van der Waals surface area contributed by atoms with E-state index in [0.717, 1.165) is 19.3 Å². The van der Waals surface area contributed by atoms with Crippen molar-refractivity contribution in [3.63, 3.8) is 0 Å². The minimum Gasteiger partial charge on any atom is -0.506 e. The van der Waals surface area contributed by atoms with E-state index < -0.39 is 5.63 Å². The van der Waals surface area contributed by atoms with Gasteiger partial charge >= 0.3 is 5.63 Å². The Kier molecular flexibility index (Phi) is 3.85. The summed E-state index contributed by atoms with van der Waals surface area (Å²) < 4.78 is 16.5. The summed E-state index contributed by atoms with van der Waals surface area (Å²) >= 11 is 0. The number of hydrogen-bond donors (Lipinski definition) is 1. The Labute approximate surface area is 126 Å². The van der Waals surface area contributed by atoms with Crippen LogP contribution in [0.1, 0.15) is 35.2 Å². The zero-order valence-corrected chi connectivity index (χ0v) is 12.1. The summed E-state index contributed by atoms with van der Waals surface area (Å²) in [4.78, 5) is 22.6. The lowest BCUT2D eigenvalue weighted by Gasteiger charge is -2.24. The van der Waals surface area contributed by atoms with E-state index in [1.54, 1.807) is 19.1 Å². The molecule has 1 saturated heterocycles. The molecule has 0 amide bonds. The molecule has 1 unspecified atom stereocenters. The van der Waals surface area contributed by atoms with Gasteiger partial charge in [-0.15, -0.1) is 0 Å². The van der Waals surface area contributed by atoms with Crippen LogP contribution in [0.4, 0.5) is 0 Å². The van der Waals surface area contributed by atoms with E-state index in [-0.39, 0.29) is 29.5 Å². The van der Waals surface area contributed by atoms with Crippen LogP contribution in [0.15, 0.2) is 21.3 Å². The van der Waals surface area contributed by atoms with Crippen LogP contribution < -0.4 is 10.4 Å². The molecule has 0 bridgehead atoms. The third kappa shape index (κ3) is 2.46. The van der Waals surface area contributed by atoms with Crippen LogP contribution in [-0.4, -0.2) is 24.3 Å². The van der Waals surface area contributed by atoms with E-state index in [9.17, 15) is 14.7 Å². The van der Waals surface area contributed by atoms with E-state index in [0.29, 0.717) is 23.3 Å². The zero-order chi connectivity index (χ0) is 15.7. The lowest BCUT2D eigenvalue weighted by molar-refractivity contribution is -0.106. The van der Waals surface area contributed by atoms with Gasteiger partial charge in [0.25, 0.3) is 0 Å². The Hall–Kier alpha value is -2.34. The second-order valence-corrected chi connectivity index (χ2v) is 5.25. The predicted octanol–water partition coefficient (Wildman–Crippen LogP) is 2.52. The minimum atomic E-state index is -0.867. The molecule has 22 heavy (non-hydrogen) atoms. The van der Waals surface area contributed by atoms with Crippen molar-refractivity contribution in [2.45, 2.75) is 32.5 Å². The fraction of sp³-hybridized carbons (Fsp3) is 0.375. The van der Waals surface area contributed by atoms with Crippen molar-refractivity contribution >= 4 is 17.3 Å². The molecule has 2 heterocycles. The normalized spacial score (nSPS) is 18.3. The Morgan fingerprint density at radius 2 is 2.18 bits per heavy atom.